The molecule has 0 aliphatic carbocycles. The molecular weight excluding hydrogens is 288 g/mol. The van der Waals surface area contributed by atoms with E-state index < -0.39 is 0 Å². The molecule has 4 nitrogen and oxygen atoms in total. The molecule has 1 aromatic rings. The molecule has 1 aliphatic heterocycles. The first-order chi connectivity index (χ1) is 10.2. The van der Waals surface area contributed by atoms with Gasteiger partial charge in [0.25, 0.3) is 0 Å². The van der Waals surface area contributed by atoms with Crippen molar-refractivity contribution in [1.29, 1.82) is 0 Å². The number of nitrogens with two attached hydrogens (primary N) is 1. The summed E-state index contributed by atoms with van der Waals surface area (Å²) < 4.78 is 10.7. The Hall–Kier alpha value is -0.970. The Kier molecular flexibility index (Phi) is 5.73. The summed E-state index contributed by atoms with van der Waals surface area (Å²) in [5, 5.41) is 0.639. The fourth-order valence-electron chi connectivity index (χ4n) is 3.34. The Morgan fingerprint density at radius 2 is 2.10 bits per heavy atom. The molecule has 1 heterocycles. The molecule has 0 radical (unpaired) electrons. The third-order valence-electron chi connectivity index (χ3n) is 4.40. The molecular formula is C16H25ClN2O2. The van der Waals surface area contributed by atoms with Gasteiger partial charge in [-0.05, 0) is 50.0 Å². The minimum absolute atomic E-state index is 0.251. The van der Waals surface area contributed by atoms with Gasteiger partial charge >= 0.3 is 0 Å². The molecule has 0 saturated carbocycles. The SMILES string of the molecule is CCN1CCCC(CN)C1c1ccc(OC)c(OC)c1Cl. The van der Waals surface area contributed by atoms with E-state index in [1.165, 1.54) is 6.42 Å². The lowest BCUT2D eigenvalue weighted by Crippen LogP contribution is -2.41. The van der Waals surface area contributed by atoms with Crippen LogP contribution in [0.1, 0.15) is 31.4 Å². The second-order valence-corrected chi connectivity index (χ2v) is 5.79. The van der Waals surface area contributed by atoms with E-state index >= 15 is 0 Å². The maximum Gasteiger partial charge on any atom is 0.179 e. The molecule has 1 aliphatic rings. The maximum atomic E-state index is 6.60. The fraction of sp³-hybridized carbons (Fsp3) is 0.625. The van der Waals surface area contributed by atoms with Gasteiger partial charge in [-0.2, -0.15) is 0 Å². The predicted octanol–water partition coefficient (Wildman–Crippen LogP) is 3.09. The van der Waals surface area contributed by atoms with Crippen molar-refractivity contribution >= 4 is 11.6 Å². The summed E-state index contributed by atoms with van der Waals surface area (Å²) in [5.74, 6) is 1.69. The van der Waals surface area contributed by atoms with Crippen molar-refractivity contribution in [2.75, 3.05) is 33.9 Å². The zero-order valence-corrected chi connectivity index (χ0v) is 13.8. The number of piperidine rings is 1. The Bertz CT molecular complexity index is 470. The van der Waals surface area contributed by atoms with Gasteiger partial charge in [0, 0.05) is 6.04 Å². The molecule has 1 aromatic carbocycles. The first-order valence-corrected chi connectivity index (χ1v) is 7.90. The Morgan fingerprint density at radius 1 is 1.33 bits per heavy atom. The average molecular weight is 313 g/mol. The van der Waals surface area contributed by atoms with Crippen LogP contribution in [0.3, 0.4) is 0 Å². The molecule has 2 atom stereocenters. The molecule has 21 heavy (non-hydrogen) atoms. The fourth-order valence-corrected chi connectivity index (χ4v) is 3.68. The molecule has 2 unspecified atom stereocenters. The monoisotopic (exact) mass is 312 g/mol. The molecule has 0 spiro atoms. The second kappa shape index (κ2) is 7.34. The first-order valence-electron chi connectivity index (χ1n) is 7.52. The van der Waals surface area contributed by atoms with Crippen LogP contribution >= 0.6 is 11.6 Å². The minimum Gasteiger partial charge on any atom is -0.493 e. The van der Waals surface area contributed by atoms with Crippen molar-refractivity contribution in [3.8, 4) is 11.5 Å². The molecule has 0 bridgehead atoms. The lowest BCUT2D eigenvalue weighted by Gasteiger charge is -2.41. The topological polar surface area (TPSA) is 47.7 Å². The van der Waals surface area contributed by atoms with E-state index in [9.17, 15) is 0 Å². The number of halogens is 1. The third kappa shape index (κ3) is 3.12. The van der Waals surface area contributed by atoms with Crippen molar-refractivity contribution < 1.29 is 9.47 Å². The number of methoxy groups -OCH3 is 2. The average Bonchev–Trinajstić information content (AvgIpc) is 2.53. The van der Waals surface area contributed by atoms with Crippen LogP contribution in [-0.2, 0) is 0 Å². The van der Waals surface area contributed by atoms with Crippen molar-refractivity contribution in [1.82, 2.24) is 4.90 Å². The van der Waals surface area contributed by atoms with Crippen molar-refractivity contribution in [3.63, 3.8) is 0 Å². The summed E-state index contributed by atoms with van der Waals surface area (Å²) in [4.78, 5) is 2.45. The molecule has 1 saturated heterocycles. The van der Waals surface area contributed by atoms with Gasteiger partial charge in [0.15, 0.2) is 11.5 Å². The first kappa shape index (κ1) is 16.4. The lowest BCUT2D eigenvalue weighted by molar-refractivity contribution is 0.102. The quantitative estimate of drug-likeness (QED) is 0.907. The highest BCUT2D eigenvalue weighted by Gasteiger charge is 2.33. The Balaban J connectivity index is 2.46. The summed E-state index contributed by atoms with van der Waals surface area (Å²) in [6.45, 7) is 4.93. The van der Waals surface area contributed by atoms with Gasteiger partial charge in [-0.1, -0.05) is 24.6 Å². The van der Waals surface area contributed by atoms with Gasteiger partial charge in [-0.25, -0.2) is 0 Å². The van der Waals surface area contributed by atoms with E-state index in [2.05, 4.69) is 11.8 Å². The predicted molar refractivity (Wildman–Crippen MR) is 86.3 cm³/mol. The third-order valence-corrected chi connectivity index (χ3v) is 4.79. The molecule has 1 fully saturated rings. The van der Waals surface area contributed by atoms with E-state index in [0.29, 0.717) is 29.0 Å². The largest absolute Gasteiger partial charge is 0.493 e. The number of nitrogens with zero attached hydrogens (tertiary/aromatic N) is 1. The number of benzene rings is 1. The smallest absolute Gasteiger partial charge is 0.179 e. The number of likely N-dealkylation sites (tertiary alicyclic amines) is 1. The normalized spacial score (nSPS) is 23.1. The molecule has 2 rings (SSSR count). The highest BCUT2D eigenvalue weighted by molar-refractivity contribution is 6.33. The number of hydrogen-bond acceptors (Lipinski definition) is 4. The number of rotatable bonds is 5. The molecule has 0 amide bonds. The van der Waals surface area contributed by atoms with Gasteiger partial charge < -0.3 is 15.2 Å². The van der Waals surface area contributed by atoms with E-state index in [1.807, 2.05) is 12.1 Å². The minimum atomic E-state index is 0.251. The van der Waals surface area contributed by atoms with Gasteiger partial charge in [0.05, 0.1) is 19.2 Å². The zero-order valence-electron chi connectivity index (χ0n) is 13.1. The van der Waals surface area contributed by atoms with E-state index in [1.54, 1.807) is 14.2 Å². The van der Waals surface area contributed by atoms with E-state index in [-0.39, 0.29) is 6.04 Å². The van der Waals surface area contributed by atoms with Crippen LogP contribution < -0.4 is 15.2 Å². The molecule has 2 N–H and O–H groups in total. The van der Waals surface area contributed by atoms with Crippen LogP contribution in [0.4, 0.5) is 0 Å². The van der Waals surface area contributed by atoms with Gasteiger partial charge in [0.2, 0.25) is 0 Å². The van der Waals surface area contributed by atoms with E-state index in [0.717, 1.165) is 25.1 Å². The summed E-state index contributed by atoms with van der Waals surface area (Å²) in [6, 6.07) is 4.22. The maximum absolute atomic E-state index is 6.60. The van der Waals surface area contributed by atoms with E-state index in [4.69, 9.17) is 26.8 Å². The summed E-state index contributed by atoms with van der Waals surface area (Å²) in [6.07, 6.45) is 2.33. The Labute approximate surface area is 132 Å². The van der Waals surface area contributed by atoms with Crippen molar-refractivity contribution in [2.45, 2.75) is 25.8 Å². The second-order valence-electron chi connectivity index (χ2n) is 5.42. The summed E-state index contributed by atoms with van der Waals surface area (Å²) in [7, 11) is 3.24. The van der Waals surface area contributed by atoms with Gasteiger partial charge in [-0.15, -0.1) is 0 Å². The highest BCUT2D eigenvalue weighted by atomic mass is 35.5. The van der Waals surface area contributed by atoms with Gasteiger partial charge in [-0.3, -0.25) is 4.90 Å². The molecule has 118 valence electrons. The van der Waals surface area contributed by atoms with Crippen LogP contribution in [0.25, 0.3) is 0 Å². The van der Waals surface area contributed by atoms with Gasteiger partial charge in [0.1, 0.15) is 0 Å². The number of ether oxygens (including phenoxy) is 2. The standard InChI is InChI=1S/C16H25ClN2O2/c1-4-19-9-5-6-11(10-18)15(19)12-7-8-13(20-2)16(21-3)14(12)17/h7-8,11,15H,4-6,9-10,18H2,1-3H3. The highest BCUT2D eigenvalue weighted by Crippen LogP contribution is 2.44. The van der Waals surface area contributed by atoms with Crippen LogP contribution in [0.2, 0.25) is 5.02 Å². The van der Waals surface area contributed by atoms with Crippen LogP contribution in [0, 0.1) is 5.92 Å². The zero-order chi connectivity index (χ0) is 15.4. The number of hydrogen-bond donors (Lipinski definition) is 1. The van der Waals surface area contributed by atoms with Crippen molar-refractivity contribution in [3.05, 3.63) is 22.7 Å². The summed E-state index contributed by atoms with van der Waals surface area (Å²) in [5.41, 5.74) is 7.09. The van der Waals surface area contributed by atoms with Crippen LogP contribution in [-0.4, -0.2) is 38.8 Å². The molecule has 5 heteroatoms. The molecule has 0 aromatic heterocycles. The van der Waals surface area contributed by atoms with Crippen LogP contribution in [0.5, 0.6) is 11.5 Å². The Morgan fingerprint density at radius 3 is 2.67 bits per heavy atom. The van der Waals surface area contributed by atoms with Crippen molar-refractivity contribution in [2.24, 2.45) is 11.7 Å². The summed E-state index contributed by atoms with van der Waals surface area (Å²) >= 11 is 6.60. The lowest BCUT2D eigenvalue weighted by atomic mass is 9.84. The van der Waals surface area contributed by atoms with Crippen LogP contribution in [0.15, 0.2) is 12.1 Å².